The lowest BCUT2D eigenvalue weighted by Gasteiger charge is -2.44. The molecule has 4 rings (SSSR count). The van der Waals surface area contributed by atoms with E-state index in [2.05, 4.69) is 9.97 Å². The number of nitrogens with one attached hydrogen (secondary N) is 1. The van der Waals surface area contributed by atoms with Gasteiger partial charge in [-0.25, -0.2) is 28.2 Å². The molecule has 1 amide bonds. The van der Waals surface area contributed by atoms with Crippen LogP contribution in [0.5, 0.6) is 5.75 Å². The molecule has 0 atom stereocenters. The van der Waals surface area contributed by atoms with E-state index in [0.29, 0.717) is 31.9 Å². The Kier molecular flexibility index (Phi) is 7.90. The van der Waals surface area contributed by atoms with E-state index >= 15 is 0 Å². The van der Waals surface area contributed by atoms with Crippen molar-refractivity contribution in [1.82, 2.24) is 19.8 Å². The van der Waals surface area contributed by atoms with Crippen molar-refractivity contribution < 1.29 is 36.3 Å². The van der Waals surface area contributed by atoms with Gasteiger partial charge in [-0.3, -0.25) is 10.0 Å². The predicted octanol–water partition coefficient (Wildman–Crippen LogP) is 2.60. The van der Waals surface area contributed by atoms with Crippen LogP contribution < -0.4 is 15.1 Å². The molecule has 14 heteroatoms. The van der Waals surface area contributed by atoms with E-state index in [0.717, 1.165) is 12.1 Å². The molecular formula is C23H28F3N5O5S. The van der Waals surface area contributed by atoms with Crippen molar-refractivity contribution in [3.8, 4) is 5.75 Å². The van der Waals surface area contributed by atoms with Crippen LogP contribution in [-0.2, 0) is 21.0 Å². The summed E-state index contributed by atoms with van der Waals surface area (Å²) in [6.07, 6.45) is -1.04. The molecule has 0 spiro atoms. The van der Waals surface area contributed by atoms with Gasteiger partial charge in [-0.05, 0) is 56.0 Å². The molecule has 0 unspecified atom stereocenters. The molecule has 202 valence electrons. The highest BCUT2D eigenvalue weighted by Crippen LogP contribution is 2.38. The molecule has 2 N–H and O–H groups in total. The van der Waals surface area contributed by atoms with E-state index in [1.165, 1.54) is 16.4 Å². The highest BCUT2D eigenvalue weighted by atomic mass is 32.2. The number of ether oxygens (including phenoxy) is 1. The van der Waals surface area contributed by atoms with Gasteiger partial charge in [0.2, 0.25) is 21.9 Å². The number of piperidine rings is 2. The minimum atomic E-state index is -4.44. The van der Waals surface area contributed by atoms with E-state index in [1.54, 1.807) is 23.9 Å². The topological polar surface area (TPSA) is 125 Å². The number of halogens is 3. The number of carbonyl (C=O) groups is 1. The number of rotatable bonds is 7. The normalized spacial score (nSPS) is 19.4. The largest absolute Gasteiger partial charge is 0.490 e. The lowest BCUT2D eigenvalue weighted by molar-refractivity contribution is -0.137. The molecule has 0 bridgehead atoms. The van der Waals surface area contributed by atoms with E-state index in [9.17, 15) is 26.4 Å². The van der Waals surface area contributed by atoms with Crippen LogP contribution in [0.2, 0.25) is 0 Å². The Bertz CT molecular complexity index is 1170. The zero-order valence-corrected chi connectivity index (χ0v) is 20.7. The lowest BCUT2D eigenvalue weighted by atomic mass is 9.92. The average molecular weight is 544 g/mol. The zero-order valence-electron chi connectivity index (χ0n) is 19.9. The van der Waals surface area contributed by atoms with Crippen molar-refractivity contribution in [2.45, 2.75) is 49.1 Å². The van der Waals surface area contributed by atoms with Crippen LogP contribution in [0.25, 0.3) is 0 Å². The number of amides is 1. The molecule has 37 heavy (non-hydrogen) atoms. The molecule has 0 aliphatic carbocycles. The Labute approximate surface area is 212 Å². The molecule has 10 nitrogen and oxygen atoms in total. The number of carbonyl (C=O) groups excluding carboxylic acids is 1. The minimum absolute atomic E-state index is 0.141. The van der Waals surface area contributed by atoms with Gasteiger partial charge in [-0.15, -0.1) is 0 Å². The van der Waals surface area contributed by atoms with Crippen molar-refractivity contribution in [1.29, 1.82) is 0 Å². The van der Waals surface area contributed by atoms with Gasteiger partial charge in [0.05, 0.1) is 10.3 Å². The summed E-state index contributed by atoms with van der Waals surface area (Å²) in [5.41, 5.74) is 0.777. The van der Waals surface area contributed by atoms with Crippen molar-refractivity contribution >= 4 is 21.9 Å². The van der Waals surface area contributed by atoms with E-state index < -0.39 is 38.8 Å². The Morgan fingerprint density at radius 2 is 1.68 bits per heavy atom. The van der Waals surface area contributed by atoms with E-state index in [-0.39, 0.29) is 37.8 Å². The fraction of sp³-hybridized carbons (Fsp3) is 0.522. The summed E-state index contributed by atoms with van der Waals surface area (Å²) in [6, 6.07) is 6.06. The van der Waals surface area contributed by atoms with Gasteiger partial charge in [0.25, 0.3) is 0 Å². The second-order valence-corrected chi connectivity index (χ2v) is 11.5. The number of anilines is 1. The maximum Gasteiger partial charge on any atom is 0.416 e. The summed E-state index contributed by atoms with van der Waals surface area (Å²) in [5.74, 6) is -0.0317. The molecule has 2 saturated heterocycles. The molecule has 0 radical (unpaired) electrons. The fourth-order valence-electron chi connectivity index (χ4n) is 4.81. The molecule has 2 aromatic rings. The van der Waals surface area contributed by atoms with Crippen LogP contribution in [0.1, 0.15) is 37.7 Å². The lowest BCUT2D eigenvalue weighted by Crippen LogP contribution is -2.57. The maximum atomic E-state index is 13.8. The first kappa shape index (κ1) is 27.1. The quantitative estimate of drug-likeness (QED) is 0.403. The van der Waals surface area contributed by atoms with Gasteiger partial charge in [-0.2, -0.15) is 13.2 Å². The van der Waals surface area contributed by atoms with Crippen LogP contribution in [-0.4, -0.2) is 70.8 Å². The second kappa shape index (κ2) is 10.8. The third-order valence-electron chi connectivity index (χ3n) is 6.89. The summed E-state index contributed by atoms with van der Waals surface area (Å²) >= 11 is 0. The van der Waals surface area contributed by atoms with Gasteiger partial charge in [0.15, 0.2) is 0 Å². The van der Waals surface area contributed by atoms with Gasteiger partial charge in [0, 0.05) is 45.0 Å². The number of hydroxylamine groups is 1. The highest BCUT2D eigenvalue weighted by Gasteiger charge is 2.51. The molecule has 2 fully saturated rings. The number of alkyl halides is 3. The predicted molar refractivity (Wildman–Crippen MR) is 126 cm³/mol. The second-order valence-electron chi connectivity index (χ2n) is 9.17. The first-order valence-electron chi connectivity index (χ1n) is 11.8. The van der Waals surface area contributed by atoms with Gasteiger partial charge in [-0.1, -0.05) is 0 Å². The van der Waals surface area contributed by atoms with Crippen LogP contribution in [0, 0.1) is 0 Å². The Morgan fingerprint density at radius 3 is 2.22 bits per heavy atom. The van der Waals surface area contributed by atoms with Crippen LogP contribution in [0.3, 0.4) is 0 Å². The maximum absolute atomic E-state index is 13.8. The SMILES string of the molecule is O=C(CC1(S(=O)(=O)N2CCC(Oc3ccc(C(F)(F)F)cc3)CC2)CCN(c2ncccn2)CC1)NO. The van der Waals surface area contributed by atoms with E-state index in [1.807, 2.05) is 4.90 Å². The average Bonchev–Trinajstić information content (AvgIpc) is 2.89. The molecule has 2 aliphatic heterocycles. The van der Waals surface area contributed by atoms with Crippen molar-refractivity contribution in [3.05, 3.63) is 48.3 Å². The monoisotopic (exact) mass is 543 g/mol. The molecular weight excluding hydrogens is 515 g/mol. The zero-order chi connectivity index (χ0) is 26.7. The number of hydrogen-bond donors (Lipinski definition) is 2. The third kappa shape index (κ3) is 5.96. The van der Waals surface area contributed by atoms with E-state index in [4.69, 9.17) is 9.94 Å². The van der Waals surface area contributed by atoms with Crippen LogP contribution in [0.15, 0.2) is 42.7 Å². The fourth-order valence-corrected chi connectivity index (χ4v) is 7.06. The summed E-state index contributed by atoms with van der Waals surface area (Å²) in [5, 5.41) is 9.11. The summed E-state index contributed by atoms with van der Waals surface area (Å²) in [4.78, 5) is 22.4. The van der Waals surface area contributed by atoms with Crippen LogP contribution in [0.4, 0.5) is 19.1 Å². The van der Waals surface area contributed by atoms with Crippen LogP contribution >= 0.6 is 0 Å². The van der Waals surface area contributed by atoms with Crippen molar-refractivity contribution in [2.24, 2.45) is 0 Å². The molecule has 1 aromatic carbocycles. The van der Waals surface area contributed by atoms with Crippen molar-refractivity contribution in [3.63, 3.8) is 0 Å². The summed E-state index contributed by atoms with van der Waals surface area (Å²) in [6.45, 7) is 0.911. The minimum Gasteiger partial charge on any atom is -0.490 e. The van der Waals surface area contributed by atoms with Crippen molar-refractivity contribution in [2.75, 3.05) is 31.1 Å². The number of sulfonamides is 1. The smallest absolute Gasteiger partial charge is 0.416 e. The summed E-state index contributed by atoms with van der Waals surface area (Å²) < 4.78 is 71.7. The third-order valence-corrected chi connectivity index (χ3v) is 9.58. The first-order chi connectivity index (χ1) is 17.5. The Morgan fingerprint density at radius 1 is 1.08 bits per heavy atom. The molecule has 0 saturated carbocycles. The molecule has 1 aromatic heterocycles. The highest BCUT2D eigenvalue weighted by molar-refractivity contribution is 7.90. The molecule has 3 heterocycles. The van der Waals surface area contributed by atoms with Gasteiger partial charge < -0.3 is 9.64 Å². The Balaban J connectivity index is 1.42. The van der Waals surface area contributed by atoms with Gasteiger partial charge in [0.1, 0.15) is 11.9 Å². The number of hydrogen-bond acceptors (Lipinski definition) is 8. The summed E-state index contributed by atoms with van der Waals surface area (Å²) in [7, 11) is -3.96. The number of benzene rings is 1. The Hall–Kier alpha value is -2.97. The molecule has 2 aliphatic rings. The number of aromatic nitrogens is 2. The standard InChI is InChI=1S/C23H28F3N5O5S/c24-23(25,26)17-2-4-18(5-3-17)36-19-6-12-31(13-7-19)37(34,35)22(16-20(32)29-33)8-14-30(15-9-22)21-27-10-1-11-28-21/h1-5,10-11,19,33H,6-9,12-16H2,(H,29,32). The van der Waals surface area contributed by atoms with Gasteiger partial charge >= 0.3 is 6.18 Å². The first-order valence-corrected chi connectivity index (χ1v) is 13.3. The number of nitrogens with zero attached hydrogens (tertiary/aromatic N) is 4.